The van der Waals surface area contributed by atoms with Crippen molar-refractivity contribution in [2.45, 2.75) is 201 Å². The smallest absolute Gasteiger partial charge is 0.372 e. The highest BCUT2D eigenvalue weighted by Gasteiger charge is 2.65. The Morgan fingerprint density at radius 1 is 0.413 bits per heavy atom. The minimum atomic E-state index is -1.28. The molecule has 0 spiro atoms. The molecule has 0 aromatic carbocycles. The molecule has 12 rings (SSSR count). The zero-order chi connectivity index (χ0) is 53.9. The van der Waals surface area contributed by atoms with Crippen molar-refractivity contribution in [3.63, 3.8) is 0 Å². The molecule has 9 unspecified atom stereocenters. The third kappa shape index (κ3) is 8.48. The molecule has 0 aromatic heterocycles. The number of hydrogen-bond acceptors (Lipinski definition) is 9. The Morgan fingerprint density at radius 3 is 1.17 bits per heavy atom. The predicted molar refractivity (Wildman–Crippen MR) is 275 cm³/mol. The van der Waals surface area contributed by atoms with Gasteiger partial charge in [0.05, 0.1) is 0 Å². The number of allylic oxidation sites excluding steroid dienone is 2. The number of aliphatic carboxylic acids is 3. The van der Waals surface area contributed by atoms with Gasteiger partial charge < -0.3 is 31.3 Å². The first-order chi connectivity index (χ1) is 35.3. The van der Waals surface area contributed by atoms with Crippen molar-refractivity contribution in [3.05, 3.63) is 11.8 Å². The lowest BCUT2D eigenvalue weighted by atomic mass is 9.47. The number of rotatable bonds is 6. The Labute approximate surface area is 442 Å². The molecular formula is C60H85N3O12. The molecule has 3 aliphatic heterocycles. The molecular weight excluding hydrogens is 955 g/mol. The van der Waals surface area contributed by atoms with Crippen LogP contribution >= 0.6 is 0 Å². The number of nitrogens with one attached hydrogen (secondary N) is 3. The van der Waals surface area contributed by atoms with Crippen LogP contribution in [0.1, 0.15) is 189 Å². The Bertz CT molecular complexity index is 2360. The Balaban J connectivity index is 0.000000128. The van der Waals surface area contributed by atoms with E-state index in [0.29, 0.717) is 78.9 Å². The number of fused-ring (bicyclic) bond motifs is 15. The summed E-state index contributed by atoms with van der Waals surface area (Å²) in [5.41, 5.74) is 0.948. The monoisotopic (exact) mass is 1040 g/mol. The first kappa shape index (κ1) is 53.9. The van der Waals surface area contributed by atoms with Crippen molar-refractivity contribution in [2.75, 3.05) is 0 Å². The molecule has 6 N–H and O–H groups in total. The number of carboxylic acids is 3. The molecule has 75 heavy (non-hydrogen) atoms. The van der Waals surface area contributed by atoms with Crippen LogP contribution < -0.4 is 16.0 Å². The van der Waals surface area contributed by atoms with Gasteiger partial charge in [-0.05, 0) is 209 Å². The lowest BCUT2D eigenvalue weighted by Gasteiger charge is -2.60. The van der Waals surface area contributed by atoms with Crippen molar-refractivity contribution < 1.29 is 58.5 Å². The van der Waals surface area contributed by atoms with Crippen molar-refractivity contribution in [2.24, 2.45) is 104 Å². The summed E-state index contributed by atoms with van der Waals surface area (Å²) >= 11 is 0. The number of carbonyl (C=O) groups excluding carboxylic acids is 6. The van der Waals surface area contributed by atoms with Gasteiger partial charge in [0.2, 0.25) is 35.1 Å². The van der Waals surface area contributed by atoms with Crippen LogP contribution in [0.4, 0.5) is 0 Å². The molecule has 9 aliphatic carbocycles. The molecule has 0 radical (unpaired) electrons. The molecule has 12 aliphatic rings. The van der Waals surface area contributed by atoms with E-state index >= 15 is 0 Å². The second-order valence-corrected chi connectivity index (χ2v) is 27.9. The van der Waals surface area contributed by atoms with E-state index in [2.05, 4.69) is 63.6 Å². The van der Waals surface area contributed by atoms with Crippen LogP contribution in [0.2, 0.25) is 0 Å². The van der Waals surface area contributed by atoms with E-state index in [1.165, 1.54) is 0 Å². The Kier molecular flexibility index (Phi) is 13.8. The average molecular weight is 1040 g/mol. The van der Waals surface area contributed by atoms with E-state index in [9.17, 15) is 58.5 Å². The van der Waals surface area contributed by atoms with E-state index in [0.717, 1.165) is 128 Å². The Morgan fingerprint density at radius 2 is 0.773 bits per heavy atom. The van der Waals surface area contributed by atoms with Gasteiger partial charge in [-0.2, -0.15) is 0 Å². The summed E-state index contributed by atoms with van der Waals surface area (Å²) in [7, 11) is 0. The molecule has 0 aromatic rings. The average Bonchev–Trinajstić information content (AvgIpc) is 4.04. The van der Waals surface area contributed by atoms with Gasteiger partial charge >= 0.3 is 17.9 Å². The van der Waals surface area contributed by atoms with Crippen molar-refractivity contribution in [1.82, 2.24) is 16.0 Å². The molecule has 15 nitrogen and oxygen atoms in total. The van der Waals surface area contributed by atoms with Gasteiger partial charge in [0.1, 0.15) is 0 Å². The molecule has 412 valence electrons. The van der Waals surface area contributed by atoms with E-state index in [1.54, 1.807) is 0 Å². The molecule has 3 heterocycles. The van der Waals surface area contributed by atoms with Crippen LogP contribution in [0.25, 0.3) is 0 Å². The van der Waals surface area contributed by atoms with Crippen LogP contribution in [0.3, 0.4) is 0 Å². The molecule has 0 bridgehead atoms. The topological polar surface area (TPSA) is 250 Å². The zero-order valence-electron chi connectivity index (χ0n) is 45.4. The second-order valence-electron chi connectivity index (χ2n) is 27.9. The quantitative estimate of drug-likeness (QED) is 0.137. The standard InChI is InChI=1S/2C20H29NO4.C20H27NO4/c3*1-19-9-7-13-11(12(19)4-5-14(19)17(23)18(24)25)3-6-15-20(13,2)10-8-16(22)21-15/h2*11-15H,3-10H2,1-2H3,(H,21,22)(H,24,25);6,11-14H,3-5,7-10H2,1-2H3,(H,21,22)(H,24,25)/t11?,12?,13?,14-,15+,19+,20-;11?,12?,13?,14-,15-,19+,20-;11?,12?,13?,14-,19+,20-/m111/s1. The molecule has 20 atom stereocenters. The summed E-state index contributed by atoms with van der Waals surface area (Å²) in [4.78, 5) is 106. The van der Waals surface area contributed by atoms with Crippen molar-refractivity contribution >= 4 is 53.0 Å². The summed E-state index contributed by atoms with van der Waals surface area (Å²) < 4.78 is 0. The first-order valence-electron chi connectivity index (χ1n) is 29.2. The van der Waals surface area contributed by atoms with E-state index in [-0.39, 0.29) is 80.0 Å². The van der Waals surface area contributed by atoms with Gasteiger partial charge in [-0.1, -0.05) is 47.6 Å². The second kappa shape index (κ2) is 19.2. The molecule has 3 amide bonds. The SMILES string of the molecule is C[C@]12CCC(=O)NC1=CCC1C2CC[C@@]2(C)C1CC[C@@H]2C(=O)C(=O)O.C[C@]12CCC3C(CC[C@@H]4NC(=O)CC[C@]34C)C1CC[C@@H]2C(=O)C(=O)O.C[C@]12CCC3C(CC[C@H]4NC(=O)CC[C@]34C)C1CC[C@@H]2C(=O)C(=O)O. The fourth-order valence-electron chi connectivity index (χ4n) is 21.3. The highest BCUT2D eigenvalue weighted by molar-refractivity contribution is 6.34. The van der Waals surface area contributed by atoms with Gasteiger partial charge in [0.15, 0.2) is 0 Å². The molecule has 8 saturated carbocycles. The Hall–Kier alpha value is -4.43. The molecule has 11 fully saturated rings. The lowest BCUT2D eigenvalue weighted by molar-refractivity contribution is -0.155. The minimum absolute atomic E-state index is 0.0209. The van der Waals surface area contributed by atoms with E-state index in [1.807, 2.05) is 0 Å². The predicted octanol–water partition coefficient (Wildman–Crippen LogP) is 8.46. The number of piperidine rings is 3. The normalized spacial score (nSPS) is 47.7. The van der Waals surface area contributed by atoms with Gasteiger partial charge in [-0.25, -0.2) is 14.4 Å². The fraction of sp³-hybridized carbons (Fsp3) is 0.817. The van der Waals surface area contributed by atoms with Crippen molar-refractivity contribution in [1.29, 1.82) is 0 Å². The first-order valence-corrected chi connectivity index (χ1v) is 29.2. The van der Waals surface area contributed by atoms with Gasteiger partial charge in [0, 0.05) is 60.2 Å². The van der Waals surface area contributed by atoms with Crippen LogP contribution in [0.15, 0.2) is 11.8 Å². The van der Waals surface area contributed by atoms with Crippen LogP contribution in [-0.2, 0) is 43.2 Å². The maximum absolute atomic E-state index is 12.2. The lowest BCUT2D eigenvalue weighted by Crippen LogP contribution is -2.61. The van der Waals surface area contributed by atoms with Gasteiger partial charge in [-0.3, -0.25) is 28.8 Å². The summed E-state index contributed by atoms with van der Waals surface area (Å²) in [6.45, 7) is 13.5. The van der Waals surface area contributed by atoms with Gasteiger partial charge in [-0.15, -0.1) is 0 Å². The molecule has 15 heteroatoms. The fourth-order valence-corrected chi connectivity index (χ4v) is 21.3. The zero-order valence-corrected chi connectivity index (χ0v) is 45.4. The number of carbonyl (C=O) groups is 9. The van der Waals surface area contributed by atoms with E-state index in [4.69, 9.17) is 0 Å². The summed E-state index contributed by atoms with van der Waals surface area (Å²) in [6, 6.07) is 0.578. The number of amides is 3. The molecule has 3 saturated heterocycles. The third-order valence-electron chi connectivity index (χ3n) is 25.4. The third-order valence-corrected chi connectivity index (χ3v) is 25.4. The highest BCUT2D eigenvalue weighted by Crippen LogP contribution is 2.69. The largest absolute Gasteiger partial charge is 0.475 e. The maximum atomic E-state index is 12.2. The summed E-state index contributed by atoms with van der Waals surface area (Å²) in [5.74, 6) is -1.36. The van der Waals surface area contributed by atoms with Crippen LogP contribution in [0, 0.1) is 104 Å². The summed E-state index contributed by atoms with van der Waals surface area (Å²) in [6.07, 6.45) is 23.0. The summed E-state index contributed by atoms with van der Waals surface area (Å²) in [5, 5.41) is 37.2. The number of hydrogen-bond donors (Lipinski definition) is 6. The highest BCUT2D eigenvalue weighted by atomic mass is 16.4. The van der Waals surface area contributed by atoms with Crippen LogP contribution in [0.5, 0.6) is 0 Å². The number of ketones is 3. The number of Topliss-reactive ketones (excluding diaryl/α,β-unsaturated/α-hetero) is 3. The van der Waals surface area contributed by atoms with Gasteiger partial charge in [0.25, 0.3) is 0 Å². The van der Waals surface area contributed by atoms with E-state index < -0.39 is 35.3 Å². The number of carboxylic acid groups (broad SMARTS) is 3. The van der Waals surface area contributed by atoms with Crippen molar-refractivity contribution in [3.8, 4) is 0 Å². The van der Waals surface area contributed by atoms with Crippen LogP contribution in [-0.4, -0.2) is 80.4 Å². The maximum Gasteiger partial charge on any atom is 0.372 e. The minimum Gasteiger partial charge on any atom is -0.475 e.